The van der Waals surface area contributed by atoms with Crippen LogP contribution < -0.4 is 4.74 Å². The quantitative estimate of drug-likeness (QED) is 0.857. The van der Waals surface area contributed by atoms with Gasteiger partial charge in [-0.1, -0.05) is 42.0 Å². The first kappa shape index (κ1) is 15.6. The fourth-order valence-corrected chi connectivity index (χ4v) is 3.26. The summed E-state index contributed by atoms with van der Waals surface area (Å²) in [4.78, 5) is 14.8. The number of nitrogens with zero attached hydrogens (tertiary/aromatic N) is 1. The first-order valence-corrected chi connectivity index (χ1v) is 8.16. The van der Waals surface area contributed by atoms with Gasteiger partial charge in [0, 0.05) is 6.54 Å². The number of rotatable bonds is 4. The van der Waals surface area contributed by atoms with E-state index in [1.54, 1.807) is 7.11 Å². The maximum Gasteiger partial charge on any atom is 0.227 e. The van der Waals surface area contributed by atoms with Crippen molar-refractivity contribution in [3.63, 3.8) is 0 Å². The fraction of sp³-hybridized carbons (Fsp3) is 0.350. The topological polar surface area (TPSA) is 29.5 Å². The molecule has 120 valence electrons. The average Bonchev–Trinajstić information content (AvgIpc) is 3.05. The van der Waals surface area contributed by atoms with Gasteiger partial charge in [-0.25, -0.2) is 0 Å². The summed E-state index contributed by atoms with van der Waals surface area (Å²) >= 11 is 0. The van der Waals surface area contributed by atoms with E-state index in [-0.39, 0.29) is 11.9 Å². The van der Waals surface area contributed by atoms with Crippen LogP contribution >= 0.6 is 0 Å². The molecule has 0 N–H and O–H groups in total. The molecule has 1 saturated heterocycles. The summed E-state index contributed by atoms with van der Waals surface area (Å²) < 4.78 is 5.24. The number of amides is 1. The van der Waals surface area contributed by atoms with Crippen LogP contribution in [0, 0.1) is 6.92 Å². The number of benzene rings is 2. The first-order chi connectivity index (χ1) is 11.2. The Hall–Kier alpha value is -2.29. The molecular weight excluding hydrogens is 286 g/mol. The van der Waals surface area contributed by atoms with E-state index in [0.717, 1.165) is 30.7 Å². The number of hydrogen-bond acceptors (Lipinski definition) is 2. The third kappa shape index (κ3) is 3.55. The largest absolute Gasteiger partial charge is 0.497 e. The van der Waals surface area contributed by atoms with Crippen molar-refractivity contribution >= 4 is 5.91 Å². The number of ether oxygens (including phenoxy) is 1. The second-order valence-electron chi connectivity index (χ2n) is 6.18. The molecule has 1 heterocycles. The molecule has 0 aliphatic carbocycles. The third-order valence-corrected chi connectivity index (χ3v) is 4.52. The van der Waals surface area contributed by atoms with E-state index in [1.165, 1.54) is 11.1 Å². The molecule has 23 heavy (non-hydrogen) atoms. The molecule has 1 amide bonds. The van der Waals surface area contributed by atoms with E-state index < -0.39 is 0 Å². The summed E-state index contributed by atoms with van der Waals surface area (Å²) in [6, 6.07) is 16.5. The highest BCUT2D eigenvalue weighted by atomic mass is 16.5. The van der Waals surface area contributed by atoms with E-state index in [2.05, 4.69) is 31.2 Å². The predicted octanol–water partition coefficient (Wildman–Crippen LogP) is 3.91. The minimum Gasteiger partial charge on any atom is -0.497 e. The zero-order valence-electron chi connectivity index (χ0n) is 13.8. The van der Waals surface area contributed by atoms with Gasteiger partial charge in [0.15, 0.2) is 0 Å². The maximum absolute atomic E-state index is 12.8. The standard InChI is InChI=1S/C20H23NO2/c1-15-8-10-17(11-9-15)19-7-4-12-21(19)20(22)14-16-5-3-6-18(13-16)23-2/h3,5-6,8-11,13,19H,4,7,12,14H2,1-2H3/t19-/m1/s1. The van der Waals surface area contributed by atoms with Gasteiger partial charge in [-0.15, -0.1) is 0 Å². The molecule has 3 nitrogen and oxygen atoms in total. The van der Waals surface area contributed by atoms with Gasteiger partial charge in [-0.3, -0.25) is 4.79 Å². The van der Waals surface area contributed by atoms with Crippen LogP contribution in [0.25, 0.3) is 0 Å². The minimum absolute atomic E-state index is 0.196. The van der Waals surface area contributed by atoms with Crippen molar-refractivity contribution in [1.29, 1.82) is 0 Å². The van der Waals surface area contributed by atoms with Gasteiger partial charge in [-0.05, 0) is 43.0 Å². The summed E-state index contributed by atoms with van der Waals surface area (Å²) in [6.07, 6.45) is 2.55. The van der Waals surface area contributed by atoms with Crippen molar-refractivity contribution in [3.05, 3.63) is 65.2 Å². The van der Waals surface area contributed by atoms with Crippen molar-refractivity contribution in [3.8, 4) is 5.75 Å². The second-order valence-corrected chi connectivity index (χ2v) is 6.18. The Balaban J connectivity index is 1.74. The maximum atomic E-state index is 12.8. The van der Waals surface area contributed by atoms with Gasteiger partial charge in [0.25, 0.3) is 0 Å². The highest BCUT2D eigenvalue weighted by Crippen LogP contribution is 2.32. The van der Waals surface area contributed by atoms with Crippen LogP contribution in [0.1, 0.15) is 35.6 Å². The highest BCUT2D eigenvalue weighted by molar-refractivity contribution is 5.79. The van der Waals surface area contributed by atoms with E-state index >= 15 is 0 Å². The van der Waals surface area contributed by atoms with Crippen LogP contribution in [0.15, 0.2) is 48.5 Å². The molecule has 2 aromatic rings. The van der Waals surface area contributed by atoms with Crippen molar-refractivity contribution < 1.29 is 9.53 Å². The third-order valence-electron chi connectivity index (χ3n) is 4.52. The number of carbonyl (C=O) groups is 1. The molecule has 0 unspecified atom stereocenters. The van der Waals surface area contributed by atoms with Crippen LogP contribution in [0.5, 0.6) is 5.75 Å². The Bertz CT molecular complexity index is 678. The normalized spacial score (nSPS) is 17.3. The summed E-state index contributed by atoms with van der Waals surface area (Å²) in [5.41, 5.74) is 3.50. The molecule has 0 spiro atoms. The Morgan fingerprint density at radius 3 is 2.74 bits per heavy atom. The van der Waals surface area contributed by atoms with E-state index in [4.69, 9.17) is 4.74 Å². The average molecular weight is 309 g/mol. The van der Waals surface area contributed by atoms with Crippen molar-refractivity contribution in [2.75, 3.05) is 13.7 Å². The summed E-state index contributed by atoms with van der Waals surface area (Å²) in [6.45, 7) is 2.94. The van der Waals surface area contributed by atoms with Gasteiger partial charge in [0.05, 0.1) is 19.6 Å². The minimum atomic E-state index is 0.196. The van der Waals surface area contributed by atoms with E-state index in [9.17, 15) is 4.79 Å². The lowest BCUT2D eigenvalue weighted by Gasteiger charge is -2.25. The van der Waals surface area contributed by atoms with Crippen LogP contribution in [0.3, 0.4) is 0 Å². The summed E-state index contributed by atoms with van der Waals surface area (Å²) in [7, 11) is 1.65. The van der Waals surface area contributed by atoms with Crippen LogP contribution in [-0.4, -0.2) is 24.5 Å². The fourth-order valence-electron chi connectivity index (χ4n) is 3.26. The molecule has 3 heteroatoms. The van der Waals surface area contributed by atoms with E-state index in [1.807, 2.05) is 29.2 Å². The van der Waals surface area contributed by atoms with Gasteiger partial charge in [0.2, 0.25) is 5.91 Å². The number of likely N-dealkylation sites (tertiary alicyclic amines) is 1. The van der Waals surface area contributed by atoms with Gasteiger partial charge < -0.3 is 9.64 Å². The smallest absolute Gasteiger partial charge is 0.227 e. The van der Waals surface area contributed by atoms with Crippen molar-refractivity contribution in [2.24, 2.45) is 0 Å². The lowest BCUT2D eigenvalue weighted by atomic mass is 10.0. The second kappa shape index (κ2) is 6.86. The molecule has 0 radical (unpaired) electrons. The number of aryl methyl sites for hydroxylation is 1. The van der Waals surface area contributed by atoms with Gasteiger partial charge in [0.1, 0.15) is 5.75 Å². The number of hydrogen-bond donors (Lipinski definition) is 0. The Morgan fingerprint density at radius 1 is 1.22 bits per heavy atom. The molecule has 1 aliphatic rings. The first-order valence-electron chi connectivity index (χ1n) is 8.16. The zero-order chi connectivity index (χ0) is 16.2. The zero-order valence-corrected chi connectivity index (χ0v) is 13.8. The molecule has 0 bridgehead atoms. The SMILES string of the molecule is COc1cccc(CC(=O)N2CCC[C@@H]2c2ccc(C)cc2)c1. The monoisotopic (exact) mass is 309 g/mol. The molecule has 1 aliphatic heterocycles. The van der Waals surface area contributed by atoms with Crippen LogP contribution in [0.4, 0.5) is 0 Å². The molecule has 0 aromatic heterocycles. The van der Waals surface area contributed by atoms with E-state index in [0.29, 0.717) is 6.42 Å². The van der Waals surface area contributed by atoms with Crippen LogP contribution in [0.2, 0.25) is 0 Å². The molecule has 2 aromatic carbocycles. The highest BCUT2D eigenvalue weighted by Gasteiger charge is 2.29. The Morgan fingerprint density at radius 2 is 2.00 bits per heavy atom. The lowest BCUT2D eigenvalue weighted by Crippen LogP contribution is -2.31. The summed E-state index contributed by atoms with van der Waals surface area (Å²) in [5, 5.41) is 0. The molecular formula is C20H23NO2. The van der Waals surface area contributed by atoms with Crippen molar-refractivity contribution in [2.45, 2.75) is 32.2 Å². The summed E-state index contributed by atoms with van der Waals surface area (Å²) in [5.74, 6) is 0.994. The number of methoxy groups -OCH3 is 1. The Labute approximate surface area is 137 Å². The van der Waals surface area contributed by atoms with Crippen molar-refractivity contribution in [1.82, 2.24) is 4.90 Å². The Kier molecular flexibility index (Phi) is 4.65. The number of carbonyl (C=O) groups excluding carboxylic acids is 1. The molecule has 0 saturated carbocycles. The van der Waals surface area contributed by atoms with Gasteiger partial charge >= 0.3 is 0 Å². The predicted molar refractivity (Wildman–Crippen MR) is 91.6 cm³/mol. The molecule has 1 atom stereocenters. The molecule has 1 fully saturated rings. The lowest BCUT2D eigenvalue weighted by molar-refractivity contribution is -0.131. The molecule has 3 rings (SSSR count). The van der Waals surface area contributed by atoms with Crippen LogP contribution in [-0.2, 0) is 11.2 Å². The van der Waals surface area contributed by atoms with Gasteiger partial charge in [-0.2, -0.15) is 0 Å².